The monoisotopic (exact) mass is 300 g/mol. The molecule has 2 amide bonds. The number of benzene rings is 2. The molecule has 0 aromatic heterocycles. The van der Waals surface area contributed by atoms with Crippen molar-refractivity contribution >= 4 is 23.5 Å². The molecular weight excluding hydrogens is 280 g/mol. The molecule has 2 N–H and O–H groups in total. The van der Waals surface area contributed by atoms with E-state index >= 15 is 0 Å². The molecule has 0 aliphatic carbocycles. The molecule has 3 nitrogen and oxygen atoms in total. The molecule has 0 fully saturated rings. The fourth-order valence-electron chi connectivity index (χ4n) is 1.88. The Morgan fingerprint density at radius 3 is 2.67 bits per heavy atom. The molecule has 21 heavy (non-hydrogen) atoms. The van der Waals surface area contributed by atoms with Crippen LogP contribution >= 0.6 is 11.8 Å². The van der Waals surface area contributed by atoms with Crippen LogP contribution in [0, 0.1) is 6.92 Å². The predicted molar refractivity (Wildman–Crippen MR) is 90.0 cm³/mol. The van der Waals surface area contributed by atoms with E-state index in [9.17, 15) is 4.79 Å². The zero-order chi connectivity index (χ0) is 14.9. The van der Waals surface area contributed by atoms with E-state index in [1.165, 1.54) is 4.90 Å². The molecule has 0 unspecified atom stereocenters. The fraction of sp³-hybridized carbons (Fsp3) is 0.235. The summed E-state index contributed by atoms with van der Waals surface area (Å²) in [6.07, 6.45) is 0.945. The van der Waals surface area contributed by atoms with E-state index in [1.807, 2.05) is 49.4 Å². The van der Waals surface area contributed by atoms with Crippen molar-refractivity contribution in [2.24, 2.45) is 0 Å². The molecule has 0 atom stereocenters. The molecule has 2 aromatic rings. The first-order chi connectivity index (χ1) is 10.2. The number of thioether (sulfide) groups is 1. The van der Waals surface area contributed by atoms with Crippen LogP contribution in [0.25, 0.3) is 0 Å². The molecule has 2 rings (SSSR count). The summed E-state index contributed by atoms with van der Waals surface area (Å²) in [5, 5.41) is 5.71. The van der Waals surface area contributed by atoms with Crippen molar-refractivity contribution in [3.8, 4) is 0 Å². The fourth-order valence-corrected chi connectivity index (χ4v) is 2.75. The SMILES string of the molecule is Cc1cccc(NC(=O)NCCCSc2ccccc2)c1. The first-order valence-electron chi connectivity index (χ1n) is 7.03. The highest BCUT2D eigenvalue weighted by atomic mass is 32.2. The molecule has 0 aliphatic heterocycles. The van der Waals surface area contributed by atoms with Gasteiger partial charge in [-0.3, -0.25) is 0 Å². The van der Waals surface area contributed by atoms with Crippen LogP contribution in [0.3, 0.4) is 0 Å². The second kappa shape index (κ2) is 8.37. The van der Waals surface area contributed by atoms with E-state index in [0.29, 0.717) is 6.54 Å². The van der Waals surface area contributed by atoms with E-state index in [-0.39, 0.29) is 6.03 Å². The molecule has 0 saturated heterocycles. The van der Waals surface area contributed by atoms with E-state index in [0.717, 1.165) is 23.4 Å². The Kier molecular flexibility index (Phi) is 6.16. The lowest BCUT2D eigenvalue weighted by molar-refractivity contribution is 0.252. The number of urea groups is 1. The molecule has 2 aromatic carbocycles. The van der Waals surface area contributed by atoms with Gasteiger partial charge in [-0.15, -0.1) is 11.8 Å². The van der Waals surface area contributed by atoms with Crippen LogP contribution in [-0.4, -0.2) is 18.3 Å². The molecule has 0 spiro atoms. The van der Waals surface area contributed by atoms with Gasteiger partial charge in [0.2, 0.25) is 0 Å². The third-order valence-electron chi connectivity index (χ3n) is 2.89. The highest BCUT2D eigenvalue weighted by Crippen LogP contribution is 2.17. The van der Waals surface area contributed by atoms with Gasteiger partial charge in [-0.25, -0.2) is 4.79 Å². The predicted octanol–water partition coefficient (Wildman–Crippen LogP) is 4.30. The number of anilines is 1. The van der Waals surface area contributed by atoms with Gasteiger partial charge in [-0.05, 0) is 48.9 Å². The molecule has 0 bridgehead atoms. The lowest BCUT2D eigenvalue weighted by Crippen LogP contribution is -2.29. The van der Waals surface area contributed by atoms with Gasteiger partial charge in [0.15, 0.2) is 0 Å². The van der Waals surface area contributed by atoms with Crippen molar-refractivity contribution in [2.45, 2.75) is 18.2 Å². The highest BCUT2D eigenvalue weighted by molar-refractivity contribution is 7.99. The van der Waals surface area contributed by atoms with Crippen molar-refractivity contribution in [3.63, 3.8) is 0 Å². The maximum atomic E-state index is 11.7. The minimum Gasteiger partial charge on any atom is -0.338 e. The maximum absolute atomic E-state index is 11.7. The minimum atomic E-state index is -0.148. The van der Waals surface area contributed by atoms with E-state index in [1.54, 1.807) is 11.8 Å². The van der Waals surface area contributed by atoms with Gasteiger partial charge < -0.3 is 10.6 Å². The number of carbonyl (C=O) groups excluding carboxylic acids is 1. The Bertz CT molecular complexity index is 572. The smallest absolute Gasteiger partial charge is 0.319 e. The summed E-state index contributed by atoms with van der Waals surface area (Å²) in [6.45, 7) is 2.68. The lowest BCUT2D eigenvalue weighted by Gasteiger charge is -2.08. The highest BCUT2D eigenvalue weighted by Gasteiger charge is 2.01. The van der Waals surface area contributed by atoms with Crippen LogP contribution in [-0.2, 0) is 0 Å². The Morgan fingerprint density at radius 2 is 1.90 bits per heavy atom. The first kappa shape index (κ1) is 15.4. The summed E-state index contributed by atoms with van der Waals surface area (Å²) in [6, 6.07) is 17.9. The molecule has 0 radical (unpaired) electrons. The number of rotatable bonds is 6. The third-order valence-corrected chi connectivity index (χ3v) is 3.99. The van der Waals surface area contributed by atoms with Gasteiger partial charge in [-0.1, -0.05) is 30.3 Å². The first-order valence-corrected chi connectivity index (χ1v) is 8.02. The van der Waals surface area contributed by atoms with E-state index in [2.05, 4.69) is 22.8 Å². The minimum absolute atomic E-state index is 0.148. The molecule has 0 saturated carbocycles. The topological polar surface area (TPSA) is 41.1 Å². The number of aryl methyl sites for hydroxylation is 1. The molecule has 0 aliphatic rings. The lowest BCUT2D eigenvalue weighted by atomic mass is 10.2. The second-order valence-electron chi connectivity index (χ2n) is 4.77. The number of carbonyl (C=O) groups is 1. The summed E-state index contributed by atoms with van der Waals surface area (Å²) in [5.74, 6) is 0.995. The van der Waals surface area contributed by atoms with Crippen LogP contribution in [0.15, 0.2) is 59.5 Å². The second-order valence-corrected chi connectivity index (χ2v) is 5.93. The number of hydrogen-bond donors (Lipinski definition) is 2. The largest absolute Gasteiger partial charge is 0.338 e. The Labute approximate surface area is 130 Å². The molecule has 110 valence electrons. The zero-order valence-electron chi connectivity index (χ0n) is 12.1. The summed E-state index contributed by atoms with van der Waals surface area (Å²) in [5.41, 5.74) is 1.96. The van der Waals surface area contributed by atoms with Crippen LogP contribution in [0.5, 0.6) is 0 Å². The third kappa shape index (κ3) is 5.92. The average molecular weight is 300 g/mol. The van der Waals surface area contributed by atoms with E-state index in [4.69, 9.17) is 0 Å². The van der Waals surface area contributed by atoms with Gasteiger partial charge in [-0.2, -0.15) is 0 Å². The zero-order valence-corrected chi connectivity index (χ0v) is 13.0. The summed E-state index contributed by atoms with van der Waals surface area (Å²) in [7, 11) is 0. The van der Waals surface area contributed by atoms with Gasteiger partial charge >= 0.3 is 6.03 Å². The average Bonchev–Trinajstić information content (AvgIpc) is 2.48. The Balaban J connectivity index is 1.61. The van der Waals surface area contributed by atoms with Crippen LogP contribution in [0.2, 0.25) is 0 Å². The van der Waals surface area contributed by atoms with Gasteiger partial charge in [0, 0.05) is 17.1 Å². The summed E-state index contributed by atoms with van der Waals surface area (Å²) >= 11 is 1.81. The number of nitrogens with one attached hydrogen (secondary N) is 2. The van der Waals surface area contributed by atoms with Gasteiger partial charge in [0.05, 0.1) is 0 Å². The quantitative estimate of drug-likeness (QED) is 0.617. The standard InChI is InChI=1S/C17H20N2OS/c1-14-7-5-8-15(13-14)19-17(20)18-11-6-12-21-16-9-3-2-4-10-16/h2-5,7-10,13H,6,11-12H2,1H3,(H2,18,19,20). The Morgan fingerprint density at radius 1 is 1.10 bits per heavy atom. The normalized spacial score (nSPS) is 10.1. The molecule has 0 heterocycles. The van der Waals surface area contributed by atoms with Crippen molar-refractivity contribution in [1.82, 2.24) is 5.32 Å². The van der Waals surface area contributed by atoms with Crippen LogP contribution in [0.4, 0.5) is 10.5 Å². The van der Waals surface area contributed by atoms with Crippen LogP contribution < -0.4 is 10.6 Å². The van der Waals surface area contributed by atoms with E-state index < -0.39 is 0 Å². The summed E-state index contributed by atoms with van der Waals surface area (Å²) in [4.78, 5) is 13.0. The molecule has 4 heteroatoms. The Hall–Kier alpha value is -1.94. The van der Waals surface area contributed by atoms with Crippen molar-refractivity contribution in [3.05, 3.63) is 60.2 Å². The number of amides is 2. The van der Waals surface area contributed by atoms with Crippen molar-refractivity contribution in [2.75, 3.05) is 17.6 Å². The van der Waals surface area contributed by atoms with Crippen LogP contribution in [0.1, 0.15) is 12.0 Å². The summed E-state index contributed by atoms with van der Waals surface area (Å²) < 4.78 is 0. The van der Waals surface area contributed by atoms with Crippen molar-refractivity contribution in [1.29, 1.82) is 0 Å². The molecular formula is C17H20N2OS. The van der Waals surface area contributed by atoms with Gasteiger partial charge in [0.1, 0.15) is 0 Å². The van der Waals surface area contributed by atoms with Crippen molar-refractivity contribution < 1.29 is 4.79 Å². The number of hydrogen-bond acceptors (Lipinski definition) is 2. The van der Waals surface area contributed by atoms with Gasteiger partial charge in [0.25, 0.3) is 0 Å². The maximum Gasteiger partial charge on any atom is 0.319 e.